The topological polar surface area (TPSA) is 15.3 Å². The molecule has 0 saturated carbocycles. The van der Waals surface area contributed by atoms with E-state index in [9.17, 15) is 0 Å². The molecule has 1 N–H and O–H groups in total. The Morgan fingerprint density at radius 3 is 2.75 bits per heavy atom. The lowest BCUT2D eigenvalue weighted by Gasteiger charge is -2.30. The van der Waals surface area contributed by atoms with Gasteiger partial charge in [-0.1, -0.05) is 20.3 Å². The molecule has 0 bridgehead atoms. The number of nitrogens with one attached hydrogen (secondary N) is 1. The van der Waals surface area contributed by atoms with E-state index >= 15 is 0 Å². The highest BCUT2D eigenvalue weighted by molar-refractivity contribution is 4.80. The van der Waals surface area contributed by atoms with Crippen molar-refractivity contribution in [3.8, 4) is 0 Å². The van der Waals surface area contributed by atoms with Crippen LogP contribution in [0.5, 0.6) is 0 Å². The third-order valence-electron chi connectivity index (χ3n) is 4.32. The first-order chi connectivity index (χ1) is 7.66. The van der Waals surface area contributed by atoms with E-state index in [1.165, 1.54) is 64.7 Å². The van der Waals surface area contributed by atoms with Gasteiger partial charge in [-0.3, -0.25) is 0 Å². The van der Waals surface area contributed by atoms with Crippen molar-refractivity contribution in [3.63, 3.8) is 0 Å². The quantitative estimate of drug-likeness (QED) is 0.776. The Bertz CT molecular complexity index is 207. The summed E-state index contributed by atoms with van der Waals surface area (Å²) < 4.78 is 0. The second-order valence-corrected chi connectivity index (χ2v) is 6.47. The fourth-order valence-electron chi connectivity index (χ4n) is 3.05. The summed E-state index contributed by atoms with van der Waals surface area (Å²) in [5.74, 6) is 0. The maximum absolute atomic E-state index is 3.67. The van der Waals surface area contributed by atoms with Gasteiger partial charge < -0.3 is 10.2 Å². The van der Waals surface area contributed by atoms with Crippen molar-refractivity contribution in [3.05, 3.63) is 0 Å². The SMILES string of the molecule is CC1(C)CCCN(CC2CCCCN2)CC1. The Labute approximate surface area is 101 Å². The minimum atomic E-state index is 0.578. The van der Waals surface area contributed by atoms with Crippen LogP contribution in [0.15, 0.2) is 0 Å². The molecule has 0 aromatic heterocycles. The second-order valence-electron chi connectivity index (χ2n) is 6.47. The highest BCUT2D eigenvalue weighted by atomic mass is 15.1. The first kappa shape index (κ1) is 12.4. The molecule has 2 heteroatoms. The molecule has 0 amide bonds. The summed E-state index contributed by atoms with van der Waals surface area (Å²) in [6.45, 7) is 10.0. The number of hydrogen-bond donors (Lipinski definition) is 1. The Kier molecular flexibility index (Phi) is 4.26. The van der Waals surface area contributed by atoms with Crippen LogP contribution in [-0.4, -0.2) is 37.1 Å². The molecular weight excluding hydrogens is 196 g/mol. The number of likely N-dealkylation sites (tertiary alicyclic amines) is 1. The molecule has 1 unspecified atom stereocenters. The van der Waals surface area contributed by atoms with Crippen LogP contribution in [-0.2, 0) is 0 Å². The van der Waals surface area contributed by atoms with Gasteiger partial charge in [0.25, 0.3) is 0 Å². The highest BCUT2D eigenvalue weighted by Gasteiger charge is 2.24. The Morgan fingerprint density at radius 1 is 1.12 bits per heavy atom. The minimum Gasteiger partial charge on any atom is -0.313 e. The molecule has 0 aromatic carbocycles. The molecule has 1 atom stereocenters. The van der Waals surface area contributed by atoms with Gasteiger partial charge in [-0.25, -0.2) is 0 Å². The lowest BCUT2D eigenvalue weighted by molar-refractivity contribution is 0.221. The van der Waals surface area contributed by atoms with E-state index in [0.717, 1.165) is 6.04 Å². The zero-order valence-electron chi connectivity index (χ0n) is 11.1. The second kappa shape index (κ2) is 5.50. The lowest BCUT2D eigenvalue weighted by Crippen LogP contribution is -2.44. The normalized spacial score (nSPS) is 32.2. The van der Waals surface area contributed by atoms with Crippen LogP contribution in [0.2, 0.25) is 0 Å². The molecule has 2 aliphatic rings. The summed E-state index contributed by atoms with van der Waals surface area (Å²) >= 11 is 0. The predicted octanol–water partition coefficient (Wildman–Crippen LogP) is 2.64. The van der Waals surface area contributed by atoms with Gasteiger partial charge in [0.05, 0.1) is 0 Å². The lowest BCUT2D eigenvalue weighted by atomic mass is 9.85. The van der Waals surface area contributed by atoms with Crippen molar-refractivity contribution >= 4 is 0 Å². The van der Waals surface area contributed by atoms with E-state index in [0.29, 0.717) is 5.41 Å². The van der Waals surface area contributed by atoms with Gasteiger partial charge >= 0.3 is 0 Å². The van der Waals surface area contributed by atoms with E-state index in [1.807, 2.05) is 0 Å². The van der Waals surface area contributed by atoms with E-state index in [-0.39, 0.29) is 0 Å². The van der Waals surface area contributed by atoms with E-state index in [4.69, 9.17) is 0 Å². The molecular formula is C14H28N2. The Balaban J connectivity index is 1.76. The Hall–Kier alpha value is -0.0800. The number of rotatable bonds is 2. The first-order valence-electron chi connectivity index (χ1n) is 7.11. The average Bonchev–Trinajstić information content (AvgIpc) is 2.42. The fraction of sp³-hybridized carbons (Fsp3) is 1.00. The van der Waals surface area contributed by atoms with Gasteiger partial charge in [-0.05, 0) is 57.2 Å². The highest BCUT2D eigenvalue weighted by Crippen LogP contribution is 2.29. The van der Waals surface area contributed by atoms with Gasteiger partial charge in [0.1, 0.15) is 0 Å². The Morgan fingerprint density at radius 2 is 2.00 bits per heavy atom. The molecule has 2 aliphatic heterocycles. The third-order valence-corrected chi connectivity index (χ3v) is 4.32. The minimum absolute atomic E-state index is 0.578. The molecule has 2 heterocycles. The predicted molar refractivity (Wildman–Crippen MR) is 69.7 cm³/mol. The molecule has 2 nitrogen and oxygen atoms in total. The monoisotopic (exact) mass is 224 g/mol. The summed E-state index contributed by atoms with van der Waals surface area (Å²) in [6, 6.07) is 0.773. The largest absolute Gasteiger partial charge is 0.313 e. The molecule has 16 heavy (non-hydrogen) atoms. The van der Waals surface area contributed by atoms with E-state index in [2.05, 4.69) is 24.1 Å². The van der Waals surface area contributed by atoms with E-state index < -0.39 is 0 Å². The van der Waals surface area contributed by atoms with E-state index in [1.54, 1.807) is 0 Å². The van der Waals surface area contributed by atoms with Crippen molar-refractivity contribution in [2.24, 2.45) is 5.41 Å². The summed E-state index contributed by atoms with van der Waals surface area (Å²) in [7, 11) is 0. The number of hydrogen-bond acceptors (Lipinski definition) is 2. The van der Waals surface area contributed by atoms with Gasteiger partial charge in [0, 0.05) is 12.6 Å². The molecule has 2 rings (SSSR count). The van der Waals surface area contributed by atoms with Crippen LogP contribution in [0.3, 0.4) is 0 Å². The molecule has 2 saturated heterocycles. The van der Waals surface area contributed by atoms with Gasteiger partial charge in [0.2, 0.25) is 0 Å². The van der Waals surface area contributed by atoms with Crippen LogP contribution in [0.4, 0.5) is 0 Å². The van der Waals surface area contributed by atoms with Crippen molar-refractivity contribution < 1.29 is 0 Å². The fourth-order valence-corrected chi connectivity index (χ4v) is 3.05. The zero-order chi connectivity index (χ0) is 11.4. The zero-order valence-corrected chi connectivity index (χ0v) is 11.1. The standard InChI is InChI=1S/C14H28N2/c1-14(2)7-5-10-16(11-8-14)12-13-6-3-4-9-15-13/h13,15H,3-12H2,1-2H3. The van der Waals surface area contributed by atoms with Crippen molar-refractivity contribution in [1.82, 2.24) is 10.2 Å². The van der Waals surface area contributed by atoms with Crippen molar-refractivity contribution in [2.75, 3.05) is 26.2 Å². The molecule has 2 fully saturated rings. The summed E-state index contributed by atoms with van der Waals surface area (Å²) in [5, 5.41) is 3.67. The maximum Gasteiger partial charge on any atom is 0.0195 e. The maximum atomic E-state index is 3.67. The summed E-state index contributed by atoms with van der Waals surface area (Å²) in [4.78, 5) is 2.69. The summed E-state index contributed by atoms with van der Waals surface area (Å²) in [5.41, 5.74) is 0.578. The number of nitrogens with zero attached hydrogens (tertiary/aromatic N) is 1. The smallest absolute Gasteiger partial charge is 0.0195 e. The molecule has 0 radical (unpaired) electrons. The summed E-state index contributed by atoms with van der Waals surface area (Å²) in [6.07, 6.45) is 8.36. The van der Waals surface area contributed by atoms with Crippen LogP contribution in [0.1, 0.15) is 52.4 Å². The van der Waals surface area contributed by atoms with Crippen molar-refractivity contribution in [1.29, 1.82) is 0 Å². The van der Waals surface area contributed by atoms with Gasteiger partial charge in [0.15, 0.2) is 0 Å². The first-order valence-corrected chi connectivity index (χ1v) is 7.11. The van der Waals surface area contributed by atoms with Crippen LogP contribution < -0.4 is 5.32 Å². The molecule has 0 aromatic rings. The molecule has 0 spiro atoms. The van der Waals surface area contributed by atoms with Crippen LogP contribution in [0, 0.1) is 5.41 Å². The molecule has 0 aliphatic carbocycles. The van der Waals surface area contributed by atoms with Gasteiger partial charge in [-0.2, -0.15) is 0 Å². The van der Waals surface area contributed by atoms with Crippen LogP contribution >= 0.6 is 0 Å². The molecule has 94 valence electrons. The van der Waals surface area contributed by atoms with Gasteiger partial charge in [-0.15, -0.1) is 0 Å². The van der Waals surface area contributed by atoms with Crippen LogP contribution in [0.25, 0.3) is 0 Å². The number of piperidine rings is 1. The van der Waals surface area contributed by atoms with Crippen molar-refractivity contribution in [2.45, 2.75) is 58.4 Å². The third kappa shape index (κ3) is 3.74. The average molecular weight is 224 g/mol.